The number of benzene rings is 3. The number of hydrogen-bond acceptors (Lipinski definition) is 3. The monoisotopic (exact) mass is 426 g/mol. The molecule has 1 heterocycles. The Morgan fingerprint density at radius 2 is 1.66 bits per heavy atom. The summed E-state index contributed by atoms with van der Waals surface area (Å²) in [7, 11) is 0. The number of aromatic nitrogens is 3. The Morgan fingerprint density at radius 1 is 0.931 bits per heavy atom. The van der Waals surface area contributed by atoms with E-state index in [0.29, 0.717) is 32.7 Å². The van der Waals surface area contributed by atoms with Gasteiger partial charge >= 0.3 is 0 Å². The lowest BCUT2D eigenvalue weighted by atomic mass is 10.1. The molecular weight excluding hydrogens is 414 g/mol. The Hall–Kier alpha value is -3.22. The number of hydrogen-bond donors (Lipinski definition) is 1. The average molecular weight is 427 g/mol. The third-order valence-corrected chi connectivity index (χ3v) is 4.98. The minimum absolute atomic E-state index is 0.285. The quantitative estimate of drug-likeness (QED) is 0.459. The summed E-state index contributed by atoms with van der Waals surface area (Å²) in [6.45, 7) is 0. The first-order valence-corrected chi connectivity index (χ1v) is 9.30. The predicted octanol–water partition coefficient (Wildman–Crippen LogP) is 5.63. The van der Waals surface area contributed by atoms with Crippen molar-refractivity contribution in [3.05, 3.63) is 94.4 Å². The molecule has 0 aliphatic carbocycles. The van der Waals surface area contributed by atoms with Crippen molar-refractivity contribution in [3.63, 3.8) is 0 Å². The van der Waals surface area contributed by atoms with E-state index in [1.807, 2.05) is 0 Å². The fourth-order valence-electron chi connectivity index (χ4n) is 2.77. The molecule has 0 radical (unpaired) electrons. The highest BCUT2D eigenvalue weighted by Crippen LogP contribution is 2.26. The first kappa shape index (κ1) is 19.1. The van der Waals surface area contributed by atoms with Gasteiger partial charge in [-0.25, -0.2) is 9.07 Å². The highest BCUT2D eigenvalue weighted by molar-refractivity contribution is 6.42. The van der Waals surface area contributed by atoms with Crippen molar-refractivity contribution in [1.29, 1.82) is 0 Å². The molecule has 1 N–H and O–H groups in total. The first-order valence-electron chi connectivity index (χ1n) is 8.55. The zero-order valence-corrected chi connectivity index (χ0v) is 16.3. The second kappa shape index (κ2) is 8.03. The average Bonchev–Trinajstić information content (AvgIpc) is 3.21. The highest BCUT2D eigenvalue weighted by atomic mass is 35.5. The van der Waals surface area contributed by atoms with Crippen LogP contribution in [-0.2, 0) is 0 Å². The molecule has 0 bridgehead atoms. The zero-order valence-electron chi connectivity index (χ0n) is 14.8. The summed E-state index contributed by atoms with van der Waals surface area (Å²) < 4.78 is 14.8. The van der Waals surface area contributed by atoms with Crippen LogP contribution in [0.25, 0.3) is 16.9 Å². The van der Waals surface area contributed by atoms with E-state index in [4.69, 9.17) is 23.2 Å². The molecule has 0 fully saturated rings. The molecule has 4 aromatic rings. The van der Waals surface area contributed by atoms with Crippen LogP contribution in [0.2, 0.25) is 10.0 Å². The van der Waals surface area contributed by atoms with Crippen LogP contribution in [0, 0.1) is 5.82 Å². The van der Waals surface area contributed by atoms with Crippen molar-refractivity contribution < 1.29 is 9.18 Å². The van der Waals surface area contributed by atoms with Gasteiger partial charge in [0.1, 0.15) is 5.82 Å². The van der Waals surface area contributed by atoms with Crippen molar-refractivity contribution >= 4 is 34.8 Å². The van der Waals surface area contributed by atoms with Crippen LogP contribution < -0.4 is 5.32 Å². The predicted molar refractivity (Wildman–Crippen MR) is 111 cm³/mol. The number of anilines is 1. The van der Waals surface area contributed by atoms with E-state index in [0.717, 1.165) is 5.56 Å². The van der Waals surface area contributed by atoms with Crippen molar-refractivity contribution in [3.8, 4) is 16.9 Å². The molecule has 5 nitrogen and oxygen atoms in total. The summed E-state index contributed by atoms with van der Waals surface area (Å²) in [6, 6.07) is 17.8. The van der Waals surface area contributed by atoms with Gasteiger partial charge in [-0.2, -0.15) is 0 Å². The van der Waals surface area contributed by atoms with Crippen LogP contribution >= 0.6 is 23.2 Å². The Kier molecular flexibility index (Phi) is 5.29. The van der Waals surface area contributed by atoms with Gasteiger partial charge in [-0.1, -0.05) is 28.4 Å². The third-order valence-electron chi connectivity index (χ3n) is 4.24. The maximum absolute atomic E-state index is 13.2. The van der Waals surface area contributed by atoms with E-state index in [-0.39, 0.29) is 11.7 Å². The lowest BCUT2D eigenvalue weighted by Gasteiger charge is -2.09. The maximum atomic E-state index is 13.2. The molecule has 0 aliphatic rings. The summed E-state index contributed by atoms with van der Waals surface area (Å²) in [4.78, 5) is 12.5. The molecule has 8 heteroatoms. The van der Waals surface area contributed by atoms with Crippen molar-refractivity contribution in [2.75, 3.05) is 5.32 Å². The topological polar surface area (TPSA) is 59.8 Å². The van der Waals surface area contributed by atoms with E-state index in [9.17, 15) is 9.18 Å². The minimum Gasteiger partial charge on any atom is -0.322 e. The van der Waals surface area contributed by atoms with Crippen molar-refractivity contribution in [2.45, 2.75) is 0 Å². The van der Waals surface area contributed by atoms with E-state index in [1.165, 1.54) is 12.1 Å². The third kappa shape index (κ3) is 4.13. The highest BCUT2D eigenvalue weighted by Gasteiger charge is 2.11. The van der Waals surface area contributed by atoms with Crippen LogP contribution in [-0.4, -0.2) is 20.9 Å². The van der Waals surface area contributed by atoms with Crippen LogP contribution in [0.3, 0.4) is 0 Å². The summed E-state index contributed by atoms with van der Waals surface area (Å²) >= 11 is 11.9. The zero-order chi connectivity index (χ0) is 20.4. The van der Waals surface area contributed by atoms with Crippen LogP contribution in [0.5, 0.6) is 0 Å². The lowest BCUT2D eigenvalue weighted by Crippen LogP contribution is -2.12. The molecule has 3 aromatic carbocycles. The minimum atomic E-state index is -0.315. The van der Waals surface area contributed by atoms with Gasteiger partial charge in [0.15, 0.2) is 0 Å². The van der Waals surface area contributed by atoms with Gasteiger partial charge < -0.3 is 5.32 Å². The SMILES string of the molecule is O=C(Nc1ccc(Cl)c(Cl)c1)c1ccc(-n2nncc2-c2ccc(F)cc2)cc1. The Bertz CT molecular complexity index is 1170. The first-order chi connectivity index (χ1) is 14.0. The van der Waals surface area contributed by atoms with Gasteiger partial charge in [0, 0.05) is 16.8 Å². The second-order valence-corrected chi connectivity index (χ2v) is 6.98. The molecule has 4 rings (SSSR count). The second-order valence-electron chi connectivity index (χ2n) is 6.17. The number of carbonyl (C=O) groups is 1. The van der Waals surface area contributed by atoms with Crippen molar-refractivity contribution in [2.24, 2.45) is 0 Å². The maximum Gasteiger partial charge on any atom is 0.255 e. The van der Waals surface area contributed by atoms with Crippen LogP contribution in [0.1, 0.15) is 10.4 Å². The van der Waals surface area contributed by atoms with Crippen LogP contribution in [0.4, 0.5) is 10.1 Å². The van der Waals surface area contributed by atoms with E-state index in [1.54, 1.807) is 65.5 Å². The van der Waals surface area contributed by atoms with Gasteiger partial charge in [0.25, 0.3) is 5.91 Å². The molecule has 0 aliphatic heterocycles. The molecule has 0 unspecified atom stereocenters. The molecular formula is C21H13Cl2FN4O. The summed E-state index contributed by atoms with van der Waals surface area (Å²) in [6.07, 6.45) is 1.60. The molecule has 0 saturated carbocycles. The molecule has 0 saturated heterocycles. The van der Waals surface area contributed by atoms with Gasteiger partial charge in [0.05, 0.1) is 27.6 Å². The molecule has 144 valence electrons. The molecule has 29 heavy (non-hydrogen) atoms. The summed E-state index contributed by atoms with van der Waals surface area (Å²) in [5, 5.41) is 11.6. The van der Waals surface area contributed by atoms with E-state index in [2.05, 4.69) is 15.6 Å². The Labute approximate surface area is 175 Å². The van der Waals surface area contributed by atoms with Crippen LogP contribution in [0.15, 0.2) is 72.9 Å². The van der Waals surface area contributed by atoms with Gasteiger partial charge in [-0.15, -0.1) is 5.10 Å². The smallest absolute Gasteiger partial charge is 0.255 e. The number of nitrogens with zero attached hydrogens (tertiary/aromatic N) is 3. The van der Waals surface area contributed by atoms with Gasteiger partial charge in [-0.05, 0) is 66.7 Å². The number of carbonyl (C=O) groups excluding carboxylic acids is 1. The Morgan fingerprint density at radius 3 is 2.34 bits per heavy atom. The summed E-state index contributed by atoms with van der Waals surface area (Å²) in [5.74, 6) is -0.600. The standard InChI is InChI=1S/C21H13Cl2FN4O/c22-18-10-7-16(11-19(18)23)26-21(29)14-3-8-17(9-4-14)28-20(12-25-27-28)13-1-5-15(24)6-2-13/h1-12H,(H,26,29). The van der Waals surface area contributed by atoms with E-state index >= 15 is 0 Å². The fourth-order valence-corrected chi connectivity index (χ4v) is 3.07. The number of halogens is 3. The van der Waals surface area contributed by atoms with Gasteiger partial charge in [0.2, 0.25) is 0 Å². The number of nitrogens with one attached hydrogen (secondary N) is 1. The fraction of sp³-hybridized carbons (Fsp3) is 0. The molecule has 1 aromatic heterocycles. The van der Waals surface area contributed by atoms with E-state index < -0.39 is 0 Å². The molecule has 1 amide bonds. The lowest BCUT2D eigenvalue weighted by molar-refractivity contribution is 0.102. The number of rotatable bonds is 4. The van der Waals surface area contributed by atoms with Crippen molar-refractivity contribution in [1.82, 2.24) is 15.0 Å². The molecule has 0 atom stereocenters. The largest absolute Gasteiger partial charge is 0.322 e. The molecule has 0 spiro atoms. The normalized spacial score (nSPS) is 10.7. The number of amides is 1. The summed E-state index contributed by atoms with van der Waals surface area (Å²) in [5.41, 5.74) is 3.20. The Balaban J connectivity index is 1.55. The van der Waals surface area contributed by atoms with Gasteiger partial charge in [-0.3, -0.25) is 4.79 Å².